The van der Waals surface area contributed by atoms with Crippen LogP contribution in [0.5, 0.6) is 0 Å². The van der Waals surface area contributed by atoms with E-state index in [4.69, 9.17) is 5.73 Å². The Bertz CT molecular complexity index is 541. The minimum Gasteiger partial charge on any atom is -0.342 e. The normalized spacial score (nSPS) is 10.2. The Morgan fingerprint density at radius 3 is 2.57 bits per heavy atom. The zero-order chi connectivity index (χ0) is 15.8. The second-order valence-corrected chi connectivity index (χ2v) is 5.42. The molecule has 1 aromatic rings. The molecular weight excluding hydrogens is 262 g/mol. The number of hydrogen-bond acceptors (Lipinski definition) is 3. The summed E-state index contributed by atoms with van der Waals surface area (Å²) in [5, 5.41) is 0. The van der Waals surface area contributed by atoms with Gasteiger partial charge in [-0.15, -0.1) is 0 Å². The lowest BCUT2D eigenvalue weighted by molar-refractivity contribution is 0.0790. The molecule has 0 heterocycles. The summed E-state index contributed by atoms with van der Waals surface area (Å²) in [5.41, 5.74) is 7.89. The van der Waals surface area contributed by atoms with Gasteiger partial charge in [0.25, 0.3) is 5.91 Å². The van der Waals surface area contributed by atoms with Crippen molar-refractivity contribution < 1.29 is 4.79 Å². The number of nitrogens with zero attached hydrogens (tertiary/aromatic N) is 2. The van der Waals surface area contributed by atoms with Crippen molar-refractivity contribution in [1.29, 1.82) is 0 Å². The standard InChI is InChI=1S/C17H25N3O/c1-14-8-9-15(7-5-10-18)13-16(14)17(21)20(4)12-6-11-19(2)3/h8-9,13H,6,10-12,18H2,1-4H3. The fourth-order valence-electron chi connectivity index (χ4n) is 2.01. The van der Waals surface area contributed by atoms with Crippen molar-refractivity contribution in [2.75, 3.05) is 40.8 Å². The predicted octanol–water partition coefficient (Wildman–Crippen LogP) is 1.33. The van der Waals surface area contributed by atoms with Gasteiger partial charge in [-0.25, -0.2) is 0 Å². The minimum absolute atomic E-state index is 0.0441. The predicted molar refractivity (Wildman–Crippen MR) is 87.2 cm³/mol. The van der Waals surface area contributed by atoms with Crippen LogP contribution in [-0.2, 0) is 0 Å². The third-order valence-electron chi connectivity index (χ3n) is 3.25. The summed E-state index contributed by atoms with van der Waals surface area (Å²) in [7, 11) is 5.91. The van der Waals surface area contributed by atoms with Crippen LogP contribution in [0.1, 0.15) is 27.9 Å². The van der Waals surface area contributed by atoms with Gasteiger partial charge in [0, 0.05) is 24.7 Å². The molecule has 0 saturated carbocycles. The summed E-state index contributed by atoms with van der Waals surface area (Å²) in [6.07, 6.45) is 0.959. The lowest BCUT2D eigenvalue weighted by Crippen LogP contribution is -2.30. The maximum Gasteiger partial charge on any atom is 0.253 e. The molecule has 0 atom stereocenters. The number of amides is 1. The lowest BCUT2D eigenvalue weighted by atomic mass is 10.0. The van der Waals surface area contributed by atoms with Gasteiger partial charge in [0.1, 0.15) is 0 Å². The molecule has 0 radical (unpaired) electrons. The quantitative estimate of drug-likeness (QED) is 0.831. The van der Waals surface area contributed by atoms with Crippen LogP contribution in [-0.4, -0.2) is 56.5 Å². The molecule has 0 spiro atoms. The van der Waals surface area contributed by atoms with Crippen LogP contribution in [0.15, 0.2) is 18.2 Å². The van der Waals surface area contributed by atoms with E-state index in [0.717, 1.165) is 30.6 Å². The summed E-state index contributed by atoms with van der Waals surface area (Å²) in [4.78, 5) is 16.4. The number of hydrogen-bond donors (Lipinski definition) is 1. The van der Waals surface area contributed by atoms with Crippen LogP contribution in [0.4, 0.5) is 0 Å². The SMILES string of the molecule is Cc1ccc(C#CCN)cc1C(=O)N(C)CCCN(C)C. The fraction of sp³-hybridized carbons (Fsp3) is 0.471. The zero-order valence-corrected chi connectivity index (χ0v) is 13.4. The van der Waals surface area contributed by atoms with E-state index in [-0.39, 0.29) is 5.91 Å². The molecule has 4 heteroatoms. The second-order valence-electron chi connectivity index (χ2n) is 5.42. The highest BCUT2D eigenvalue weighted by Gasteiger charge is 2.14. The molecule has 1 rings (SSSR count). The van der Waals surface area contributed by atoms with Crippen LogP contribution in [0.3, 0.4) is 0 Å². The van der Waals surface area contributed by atoms with E-state index in [1.807, 2.05) is 46.3 Å². The van der Waals surface area contributed by atoms with Crippen molar-refractivity contribution in [3.63, 3.8) is 0 Å². The number of benzene rings is 1. The first-order chi connectivity index (χ1) is 9.95. The third kappa shape index (κ3) is 5.58. The second kappa shape index (κ2) is 8.46. The van der Waals surface area contributed by atoms with Crippen LogP contribution in [0.25, 0.3) is 0 Å². The first-order valence-corrected chi connectivity index (χ1v) is 7.15. The molecule has 1 amide bonds. The molecule has 2 N–H and O–H groups in total. The van der Waals surface area contributed by atoms with Gasteiger partial charge >= 0.3 is 0 Å². The largest absolute Gasteiger partial charge is 0.342 e. The third-order valence-corrected chi connectivity index (χ3v) is 3.25. The molecule has 0 aliphatic carbocycles. The van der Waals surface area contributed by atoms with E-state index in [2.05, 4.69) is 16.7 Å². The van der Waals surface area contributed by atoms with Gasteiger partial charge in [-0.3, -0.25) is 4.79 Å². The number of carbonyl (C=O) groups is 1. The van der Waals surface area contributed by atoms with E-state index in [1.165, 1.54) is 0 Å². The fourth-order valence-corrected chi connectivity index (χ4v) is 2.01. The van der Waals surface area contributed by atoms with Crippen LogP contribution in [0.2, 0.25) is 0 Å². The van der Waals surface area contributed by atoms with Crippen molar-refractivity contribution in [3.8, 4) is 11.8 Å². The van der Waals surface area contributed by atoms with Crippen molar-refractivity contribution >= 4 is 5.91 Å². The van der Waals surface area contributed by atoms with Crippen molar-refractivity contribution in [1.82, 2.24) is 9.80 Å². The summed E-state index contributed by atoms with van der Waals surface area (Å²) in [6, 6.07) is 5.70. The van der Waals surface area contributed by atoms with E-state index in [1.54, 1.807) is 4.90 Å². The molecular formula is C17H25N3O. The van der Waals surface area contributed by atoms with Gasteiger partial charge in [-0.1, -0.05) is 17.9 Å². The van der Waals surface area contributed by atoms with Crippen LogP contribution >= 0.6 is 0 Å². The minimum atomic E-state index is 0.0441. The molecule has 4 nitrogen and oxygen atoms in total. The lowest BCUT2D eigenvalue weighted by Gasteiger charge is -2.19. The summed E-state index contributed by atoms with van der Waals surface area (Å²) >= 11 is 0. The Morgan fingerprint density at radius 2 is 1.95 bits per heavy atom. The number of carbonyl (C=O) groups excluding carboxylic acids is 1. The molecule has 1 aromatic carbocycles. The highest BCUT2D eigenvalue weighted by atomic mass is 16.2. The van der Waals surface area contributed by atoms with Gasteiger partial charge in [0.15, 0.2) is 0 Å². The Hall–Kier alpha value is -1.83. The van der Waals surface area contributed by atoms with Crippen molar-refractivity contribution in [2.24, 2.45) is 5.73 Å². The van der Waals surface area contributed by atoms with Gasteiger partial charge < -0.3 is 15.5 Å². The highest BCUT2D eigenvalue weighted by molar-refractivity contribution is 5.95. The first-order valence-electron chi connectivity index (χ1n) is 7.15. The topological polar surface area (TPSA) is 49.6 Å². The van der Waals surface area contributed by atoms with Gasteiger partial charge in [0.2, 0.25) is 0 Å². The van der Waals surface area contributed by atoms with Gasteiger partial charge in [0.05, 0.1) is 6.54 Å². The molecule has 0 unspecified atom stereocenters. The van der Waals surface area contributed by atoms with E-state index < -0.39 is 0 Å². The van der Waals surface area contributed by atoms with E-state index in [0.29, 0.717) is 12.1 Å². The smallest absolute Gasteiger partial charge is 0.253 e. The number of aryl methyl sites for hydroxylation is 1. The van der Waals surface area contributed by atoms with Gasteiger partial charge in [-0.05, 0) is 51.7 Å². The summed E-state index contributed by atoms with van der Waals surface area (Å²) in [6.45, 7) is 3.98. The zero-order valence-electron chi connectivity index (χ0n) is 13.4. The van der Waals surface area contributed by atoms with Crippen molar-refractivity contribution in [2.45, 2.75) is 13.3 Å². The Kier molecular flexibility index (Phi) is 6.93. The van der Waals surface area contributed by atoms with Crippen LogP contribution in [0, 0.1) is 18.8 Å². The molecule has 0 aromatic heterocycles. The highest BCUT2D eigenvalue weighted by Crippen LogP contribution is 2.13. The Morgan fingerprint density at radius 1 is 1.24 bits per heavy atom. The molecule has 114 valence electrons. The molecule has 0 fully saturated rings. The maximum absolute atomic E-state index is 12.5. The first kappa shape index (κ1) is 17.2. The molecule has 0 aliphatic heterocycles. The molecule has 21 heavy (non-hydrogen) atoms. The number of rotatable bonds is 5. The summed E-state index contributed by atoms with van der Waals surface area (Å²) < 4.78 is 0. The maximum atomic E-state index is 12.5. The Balaban J connectivity index is 2.80. The number of nitrogens with two attached hydrogens (primary N) is 1. The van der Waals surface area contributed by atoms with Gasteiger partial charge in [-0.2, -0.15) is 0 Å². The molecule has 0 aliphatic rings. The van der Waals surface area contributed by atoms with E-state index in [9.17, 15) is 4.79 Å². The average molecular weight is 287 g/mol. The van der Waals surface area contributed by atoms with Crippen molar-refractivity contribution in [3.05, 3.63) is 34.9 Å². The Labute approximate surface area is 127 Å². The van der Waals surface area contributed by atoms with E-state index >= 15 is 0 Å². The molecule has 0 bridgehead atoms. The van der Waals surface area contributed by atoms with Crippen LogP contribution < -0.4 is 5.73 Å². The average Bonchev–Trinajstić information content (AvgIpc) is 2.45. The molecule has 0 saturated heterocycles. The monoisotopic (exact) mass is 287 g/mol. The summed E-state index contributed by atoms with van der Waals surface area (Å²) in [5.74, 6) is 5.83.